The fourth-order valence-corrected chi connectivity index (χ4v) is 1.93. The average molecular weight is 229 g/mol. The largest absolute Gasteiger partial charge is 0.358 e. The van der Waals surface area contributed by atoms with Crippen molar-refractivity contribution in [2.75, 3.05) is 0 Å². The van der Waals surface area contributed by atoms with Gasteiger partial charge in [0.2, 0.25) is 0 Å². The van der Waals surface area contributed by atoms with Gasteiger partial charge >= 0.3 is 0 Å². The molecule has 1 aromatic carbocycles. The van der Waals surface area contributed by atoms with Crippen LogP contribution in [0.1, 0.15) is 38.4 Å². The first kappa shape index (κ1) is 13.6. The maximum absolute atomic E-state index is 3.94. The number of benzene rings is 1. The van der Waals surface area contributed by atoms with Gasteiger partial charge in [0.15, 0.2) is 0 Å². The minimum atomic E-state index is 1.06. The van der Waals surface area contributed by atoms with Crippen LogP contribution in [0.2, 0.25) is 0 Å². The Morgan fingerprint density at radius 1 is 1.24 bits per heavy atom. The smallest absolute Gasteiger partial charge is 0.0458 e. The van der Waals surface area contributed by atoms with E-state index >= 15 is 0 Å². The van der Waals surface area contributed by atoms with E-state index in [4.69, 9.17) is 0 Å². The van der Waals surface area contributed by atoms with Crippen LogP contribution in [0.3, 0.4) is 0 Å². The molecule has 1 N–H and O–H groups in total. The summed E-state index contributed by atoms with van der Waals surface area (Å²) in [6, 6.07) is 8.46. The van der Waals surface area contributed by atoms with Crippen LogP contribution < -0.4 is 0 Å². The lowest BCUT2D eigenvalue weighted by Gasteiger charge is -1.99. The molecule has 1 nitrogen and oxygen atoms in total. The molecule has 0 bridgehead atoms. The van der Waals surface area contributed by atoms with E-state index in [-0.39, 0.29) is 0 Å². The van der Waals surface area contributed by atoms with E-state index in [1.54, 1.807) is 0 Å². The number of hydrogen-bond acceptors (Lipinski definition) is 0. The summed E-state index contributed by atoms with van der Waals surface area (Å²) in [5, 5.41) is 1.34. The second kappa shape index (κ2) is 6.29. The molecule has 0 aliphatic rings. The molecule has 0 saturated carbocycles. The van der Waals surface area contributed by atoms with Gasteiger partial charge in [-0.25, -0.2) is 0 Å². The number of allylic oxidation sites excluding steroid dienone is 1. The van der Waals surface area contributed by atoms with Crippen molar-refractivity contribution in [3.8, 4) is 0 Å². The molecule has 0 fully saturated rings. The Balaban J connectivity index is 0.000000686. The maximum Gasteiger partial charge on any atom is 0.0458 e. The van der Waals surface area contributed by atoms with E-state index < -0.39 is 0 Å². The van der Waals surface area contributed by atoms with Crippen molar-refractivity contribution in [2.24, 2.45) is 0 Å². The fourth-order valence-electron chi connectivity index (χ4n) is 1.93. The highest BCUT2D eigenvalue weighted by atomic mass is 14.7. The Morgan fingerprint density at radius 2 is 1.88 bits per heavy atom. The van der Waals surface area contributed by atoms with Crippen LogP contribution in [0.4, 0.5) is 0 Å². The van der Waals surface area contributed by atoms with Crippen LogP contribution in [0.15, 0.2) is 36.4 Å². The lowest BCUT2D eigenvalue weighted by molar-refractivity contribution is 0.909. The zero-order valence-electron chi connectivity index (χ0n) is 11.4. The average Bonchev–Trinajstić information content (AvgIpc) is 2.67. The highest BCUT2D eigenvalue weighted by molar-refractivity contribution is 5.84. The van der Waals surface area contributed by atoms with E-state index in [1.165, 1.54) is 27.7 Å². The summed E-state index contributed by atoms with van der Waals surface area (Å²) in [7, 11) is 0. The minimum absolute atomic E-state index is 1.06. The van der Waals surface area contributed by atoms with Crippen LogP contribution in [-0.2, 0) is 6.42 Å². The molecule has 1 heterocycles. The first-order valence-corrected chi connectivity index (χ1v) is 6.39. The third kappa shape index (κ3) is 3.23. The number of nitrogens with one attached hydrogen (secondary N) is 1. The van der Waals surface area contributed by atoms with Gasteiger partial charge in [0.05, 0.1) is 0 Å². The lowest BCUT2D eigenvalue weighted by atomic mass is 10.1. The summed E-state index contributed by atoms with van der Waals surface area (Å²) in [6.07, 6.45) is 2.13. The van der Waals surface area contributed by atoms with Gasteiger partial charge in [0.1, 0.15) is 0 Å². The number of aryl methyl sites for hydroxylation is 2. The van der Waals surface area contributed by atoms with Gasteiger partial charge in [0.25, 0.3) is 0 Å². The first-order chi connectivity index (χ1) is 8.18. The highest BCUT2D eigenvalue weighted by Crippen LogP contribution is 2.22. The van der Waals surface area contributed by atoms with Crippen LogP contribution in [0.25, 0.3) is 10.9 Å². The van der Waals surface area contributed by atoms with Gasteiger partial charge < -0.3 is 4.98 Å². The van der Waals surface area contributed by atoms with E-state index in [9.17, 15) is 0 Å². The van der Waals surface area contributed by atoms with Crippen molar-refractivity contribution in [3.63, 3.8) is 0 Å². The van der Waals surface area contributed by atoms with E-state index in [0.29, 0.717) is 0 Å². The third-order valence-corrected chi connectivity index (χ3v) is 2.87. The summed E-state index contributed by atoms with van der Waals surface area (Å²) >= 11 is 0. The summed E-state index contributed by atoms with van der Waals surface area (Å²) in [4.78, 5) is 3.48. The number of hydrogen-bond donors (Lipinski definition) is 1. The Kier molecular flexibility index (Phi) is 5.02. The van der Waals surface area contributed by atoms with Crippen LogP contribution in [-0.4, -0.2) is 4.98 Å². The van der Waals surface area contributed by atoms with Crippen molar-refractivity contribution < 1.29 is 0 Å². The molecule has 0 aliphatic heterocycles. The number of para-hydroxylation sites is 1. The van der Waals surface area contributed by atoms with Crippen molar-refractivity contribution in [2.45, 2.75) is 40.5 Å². The van der Waals surface area contributed by atoms with Crippen molar-refractivity contribution >= 4 is 10.9 Å². The van der Waals surface area contributed by atoms with Crippen molar-refractivity contribution in [1.82, 2.24) is 4.98 Å². The molecule has 0 radical (unpaired) electrons. The molecule has 2 aromatic rings. The molecule has 0 unspecified atom stereocenters. The predicted molar refractivity (Wildman–Crippen MR) is 77.5 cm³/mol. The van der Waals surface area contributed by atoms with Crippen LogP contribution in [0.5, 0.6) is 0 Å². The van der Waals surface area contributed by atoms with Gasteiger partial charge in [-0.15, -0.1) is 6.58 Å². The predicted octanol–water partition coefficient (Wildman–Crippen LogP) is 5.01. The zero-order valence-corrected chi connectivity index (χ0v) is 11.4. The molecule has 0 saturated heterocycles. The van der Waals surface area contributed by atoms with Crippen LogP contribution in [0, 0.1) is 6.92 Å². The molecule has 1 aromatic heterocycles. The van der Waals surface area contributed by atoms with Crippen molar-refractivity contribution in [3.05, 3.63) is 47.7 Å². The second-order valence-corrected chi connectivity index (χ2v) is 4.23. The Bertz CT molecular complexity index is 491. The van der Waals surface area contributed by atoms with Gasteiger partial charge in [-0.3, -0.25) is 0 Å². The maximum atomic E-state index is 3.94. The molecular formula is C16H23N. The van der Waals surface area contributed by atoms with Gasteiger partial charge in [-0.2, -0.15) is 0 Å². The molecule has 0 spiro atoms. The first-order valence-electron chi connectivity index (χ1n) is 6.39. The quantitative estimate of drug-likeness (QED) is 0.712. The van der Waals surface area contributed by atoms with Gasteiger partial charge in [-0.05, 0) is 38.3 Å². The normalized spacial score (nSPS) is 9.88. The number of rotatable bonds is 3. The Hall–Kier alpha value is -1.50. The van der Waals surface area contributed by atoms with Gasteiger partial charge in [-0.1, -0.05) is 37.6 Å². The molecule has 0 atom stereocenters. The second-order valence-electron chi connectivity index (χ2n) is 4.23. The van der Waals surface area contributed by atoms with Crippen molar-refractivity contribution in [1.29, 1.82) is 0 Å². The molecule has 92 valence electrons. The number of aromatic nitrogens is 1. The standard InChI is InChI=1S/C14H17N.C2H6/c1-10(2)8-9-13-11(3)12-6-4-5-7-14(12)15-13;1-2/h4-7,15H,1,8-9H2,2-3H3;1-2H3. The zero-order chi connectivity index (χ0) is 12.8. The Labute approximate surface area is 105 Å². The summed E-state index contributed by atoms with van der Waals surface area (Å²) in [5.74, 6) is 0. The van der Waals surface area contributed by atoms with Gasteiger partial charge in [0, 0.05) is 16.6 Å². The number of fused-ring (bicyclic) bond motifs is 1. The topological polar surface area (TPSA) is 15.8 Å². The van der Waals surface area contributed by atoms with E-state index in [2.05, 4.69) is 49.7 Å². The fraction of sp³-hybridized carbons (Fsp3) is 0.375. The minimum Gasteiger partial charge on any atom is -0.358 e. The molecule has 0 aliphatic carbocycles. The molecular weight excluding hydrogens is 206 g/mol. The summed E-state index contributed by atoms with van der Waals surface area (Å²) in [6.45, 7) is 12.2. The molecule has 1 heteroatoms. The number of H-pyrrole nitrogens is 1. The van der Waals surface area contributed by atoms with E-state index in [1.807, 2.05) is 13.8 Å². The Morgan fingerprint density at radius 3 is 2.47 bits per heavy atom. The summed E-state index contributed by atoms with van der Waals surface area (Å²) in [5.41, 5.74) is 5.21. The molecule has 17 heavy (non-hydrogen) atoms. The monoisotopic (exact) mass is 229 g/mol. The SMILES string of the molecule is C=C(C)CCc1[nH]c2ccccc2c1C.CC. The van der Waals surface area contributed by atoms with Crippen LogP contribution >= 0.6 is 0 Å². The lowest BCUT2D eigenvalue weighted by Crippen LogP contribution is -1.88. The highest BCUT2D eigenvalue weighted by Gasteiger charge is 2.05. The number of aromatic amines is 1. The summed E-state index contributed by atoms with van der Waals surface area (Å²) < 4.78 is 0. The molecule has 0 amide bonds. The third-order valence-electron chi connectivity index (χ3n) is 2.87. The molecule has 2 rings (SSSR count). The van der Waals surface area contributed by atoms with E-state index in [0.717, 1.165) is 12.8 Å².